The Morgan fingerprint density at radius 1 is 1.22 bits per heavy atom. The van der Waals surface area contributed by atoms with Crippen LogP contribution in [0, 0.1) is 0 Å². The molecule has 1 saturated heterocycles. The van der Waals surface area contributed by atoms with Crippen LogP contribution in [0.15, 0.2) is 0 Å². The first-order valence-corrected chi connectivity index (χ1v) is 7.92. The maximum Gasteiger partial charge on any atom is 0.0235 e. The van der Waals surface area contributed by atoms with E-state index < -0.39 is 0 Å². The van der Waals surface area contributed by atoms with Gasteiger partial charge >= 0.3 is 0 Å². The van der Waals surface area contributed by atoms with Crippen LogP contribution < -0.4 is 5.73 Å². The van der Waals surface area contributed by atoms with Crippen molar-refractivity contribution in [2.75, 3.05) is 32.7 Å². The van der Waals surface area contributed by atoms with Crippen molar-refractivity contribution in [3.8, 4) is 0 Å². The number of rotatable bonds is 6. The Morgan fingerprint density at radius 3 is 2.50 bits per heavy atom. The molecule has 3 heteroatoms. The van der Waals surface area contributed by atoms with Gasteiger partial charge in [-0.2, -0.15) is 0 Å². The molecular weight excluding hydrogens is 222 g/mol. The second kappa shape index (κ2) is 6.36. The predicted molar refractivity (Wildman–Crippen MR) is 77.8 cm³/mol. The van der Waals surface area contributed by atoms with Crippen LogP contribution in [0.25, 0.3) is 0 Å². The molecule has 1 aliphatic heterocycles. The molecule has 0 aromatic heterocycles. The lowest BCUT2D eigenvalue weighted by Gasteiger charge is -2.28. The lowest BCUT2D eigenvalue weighted by Crippen LogP contribution is -2.41. The topological polar surface area (TPSA) is 32.5 Å². The van der Waals surface area contributed by atoms with E-state index in [1.807, 2.05) is 0 Å². The molecule has 3 nitrogen and oxygen atoms in total. The number of likely N-dealkylation sites (tertiary alicyclic amines) is 1. The number of likely N-dealkylation sites (N-methyl/N-ethyl adjacent to an activating group) is 1. The third kappa shape index (κ3) is 3.46. The van der Waals surface area contributed by atoms with Gasteiger partial charge in [-0.1, -0.05) is 26.7 Å². The smallest absolute Gasteiger partial charge is 0.0235 e. The van der Waals surface area contributed by atoms with Crippen LogP contribution in [0.5, 0.6) is 0 Å². The van der Waals surface area contributed by atoms with E-state index in [0.29, 0.717) is 0 Å². The van der Waals surface area contributed by atoms with E-state index in [9.17, 15) is 0 Å². The largest absolute Gasteiger partial charge is 0.325 e. The minimum atomic E-state index is 0.174. The Morgan fingerprint density at radius 2 is 1.89 bits per heavy atom. The first kappa shape index (κ1) is 14.3. The van der Waals surface area contributed by atoms with E-state index in [-0.39, 0.29) is 5.54 Å². The van der Waals surface area contributed by atoms with E-state index in [1.54, 1.807) is 0 Å². The average Bonchev–Trinajstić information content (AvgIpc) is 2.99. The summed E-state index contributed by atoms with van der Waals surface area (Å²) in [4.78, 5) is 5.24. The fraction of sp³-hybridized carbons (Fsp3) is 1.00. The van der Waals surface area contributed by atoms with Crippen molar-refractivity contribution < 1.29 is 0 Å². The molecule has 2 N–H and O–H groups in total. The quantitative estimate of drug-likeness (QED) is 0.786. The molecular formula is C15H31N3. The van der Waals surface area contributed by atoms with E-state index in [2.05, 4.69) is 23.6 Å². The summed E-state index contributed by atoms with van der Waals surface area (Å²) in [5.41, 5.74) is 6.62. The lowest BCUT2D eigenvalue weighted by molar-refractivity contribution is 0.205. The summed E-state index contributed by atoms with van der Waals surface area (Å²) in [6.45, 7) is 10.7. The average molecular weight is 253 g/mol. The van der Waals surface area contributed by atoms with E-state index >= 15 is 0 Å². The monoisotopic (exact) mass is 253 g/mol. The molecule has 1 saturated carbocycles. The van der Waals surface area contributed by atoms with Crippen LogP contribution in [0.3, 0.4) is 0 Å². The zero-order valence-corrected chi connectivity index (χ0v) is 12.3. The van der Waals surface area contributed by atoms with Gasteiger partial charge in [-0.25, -0.2) is 0 Å². The van der Waals surface area contributed by atoms with Gasteiger partial charge in [-0.3, -0.25) is 4.90 Å². The molecule has 1 heterocycles. The molecule has 0 amide bonds. The van der Waals surface area contributed by atoms with Crippen molar-refractivity contribution in [3.05, 3.63) is 0 Å². The Kier molecular flexibility index (Phi) is 5.05. The summed E-state index contributed by atoms with van der Waals surface area (Å²) in [7, 11) is 0. The Balaban J connectivity index is 1.72. The van der Waals surface area contributed by atoms with Crippen molar-refractivity contribution in [1.29, 1.82) is 0 Å². The van der Waals surface area contributed by atoms with Crippen molar-refractivity contribution in [1.82, 2.24) is 9.80 Å². The minimum absolute atomic E-state index is 0.174. The predicted octanol–water partition coefficient (Wildman–Crippen LogP) is 2.06. The van der Waals surface area contributed by atoms with Gasteiger partial charge in [0.2, 0.25) is 0 Å². The molecule has 0 radical (unpaired) electrons. The molecule has 2 aliphatic rings. The van der Waals surface area contributed by atoms with Crippen LogP contribution in [-0.4, -0.2) is 54.1 Å². The van der Waals surface area contributed by atoms with Gasteiger partial charge < -0.3 is 10.6 Å². The molecule has 1 unspecified atom stereocenters. The fourth-order valence-corrected chi connectivity index (χ4v) is 3.76. The maximum atomic E-state index is 6.45. The van der Waals surface area contributed by atoms with E-state index in [4.69, 9.17) is 5.73 Å². The fourth-order valence-electron chi connectivity index (χ4n) is 3.76. The molecule has 18 heavy (non-hydrogen) atoms. The van der Waals surface area contributed by atoms with Gasteiger partial charge in [-0.15, -0.1) is 0 Å². The molecule has 1 atom stereocenters. The van der Waals surface area contributed by atoms with Gasteiger partial charge in [0, 0.05) is 18.1 Å². The second-order valence-corrected chi connectivity index (χ2v) is 6.28. The van der Waals surface area contributed by atoms with E-state index in [1.165, 1.54) is 71.2 Å². The van der Waals surface area contributed by atoms with Gasteiger partial charge in [0.05, 0.1) is 0 Å². The molecule has 2 rings (SSSR count). The number of nitrogens with two attached hydrogens (primary N) is 1. The number of hydrogen-bond donors (Lipinski definition) is 1. The minimum Gasteiger partial charge on any atom is -0.325 e. The standard InChI is InChI=1S/C15H31N3/c1-3-18(4-2)14-7-11-17(13-14)12-10-15(16)8-5-6-9-15/h14H,3-13,16H2,1-2H3. The summed E-state index contributed by atoms with van der Waals surface area (Å²) < 4.78 is 0. The maximum absolute atomic E-state index is 6.45. The molecule has 0 aromatic rings. The Hall–Kier alpha value is -0.120. The SMILES string of the molecule is CCN(CC)C1CCN(CCC2(N)CCCC2)C1. The summed E-state index contributed by atoms with van der Waals surface area (Å²) in [6, 6.07) is 0.789. The highest BCUT2D eigenvalue weighted by atomic mass is 15.2. The van der Waals surface area contributed by atoms with Crippen LogP contribution in [0.4, 0.5) is 0 Å². The molecule has 1 aliphatic carbocycles. The normalized spacial score (nSPS) is 28.3. The number of hydrogen-bond acceptors (Lipinski definition) is 3. The summed E-state index contributed by atoms with van der Waals surface area (Å²) in [5.74, 6) is 0. The molecule has 0 bridgehead atoms. The molecule has 0 spiro atoms. The zero-order chi connectivity index (χ0) is 13.0. The first-order valence-electron chi connectivity index (χ1n) is 7.92. The van der Waals surface area contributed by atoms with Crippen molar-refractivity contribution in [2.45, 2.75) is 64.0 Å². The summed E-state index contributed by atoms with van der Waals surface area (Å²) in [5, 5.41) is 0. The third-order valence-electron chi connectivity index (χ3n) is 5.10. The van der Waals surface area contributed by atoms with Crippen LogP contribution >= 0.6 is 0 Å². The zero-order valence-electron chi connectivity index (χ0n) is 12.3. The molecule has 106 valence electrons. The van der Waals surface area contributed by atoms with Crippen LogP contribution in [-0.2, 0) is 0 Å². The third-order valence-corrected chi connectivity index (χ3v) is 5.10. The van der Waals surface area contributed by atoms with Gasteiger partial charge in [-0.05, 0) is 51.9 Å². The first-order chi connectivity index (χ1) is 8.67. The van der Waals surface area contributed by atoms with Crippen molar-refractivity contribution >= 4 is 0 Å². The second-order valence-electron chi connectivity index (χ2n) is 6.28. The van der Waals surface area contributed by atoms with E-state index in [0.717, 1.165) is 6.04 Å². The Bertz CT molecular complexity index is 244. The van der Waals surface area contributed by atoms with Crippen molar-refractivity contribution in [2.24, 2.45) is 5.73 Å². The molecule has 2 fully saturated rings. The van der Waals surface area contributed by atoms with Crippen molar-refractivity contribution in [3.63, 3.8) is 0 Å². The lowest BCUT2D eigenvalue weighted by atomic mass is 9.94. The summed E-state index contributed by atoms with van der Waals surface area (Å²) in [6.07, 6.45) is 7.75. The van der Waals surface area contributed by atoms with Gasteiger partial charge in [0.1, 0.15) is 0 Å². The van der Waals surface area contributed by atoms with Gasteiger partial charge in [0.15, 0.2) is 0 Å². The molecule has 0 aromatic carbocycles. The number of nitrogens with zero attached hydrogens (tertiary/aromatic N) is 2. The highest BCUT2D eigenvalue weighted by Crippen LogP contribution is 2.30. The van der Waals surface area contributed by atoms with Crippen LogP contribution in [0.2, 0.25) is 0 Å². The highest BCUT2D eigenvalue weighted by molar-refractivity contribution is 4.91. The Labute approximate surface area is 113 Å². The summed E-state index contributed by atoms with van der Waals surface area (Å²) >= 11 is 0. The highest BCUT2D eigenvalue weighted by Gasteiger charge is 2.31. The van der Waals surface area contributed by atoms with Crippen LogP contribution in [0.1, 0.15) is 52.4 Å². The van der Waals surface area contributed by atoms with Gasteiger partial charge in [0.25, 0.3) is 0 Å².